The van der Waals surface area contributed by atoms with Crippen LogP contribution in [0.2, 0.25) is 0 Å². The van der Waals surface area contributed by atoms with E-state index in [1.165, 1.54) is 19.3 Å². The van der Waals surface area contributed by atoms with Gasteiger partial charge >= 0.3 is 18.2 Å². The number of nitrogens with zero attached hydrogens (tertiary/aromatic N) is 3. The number of hydrogen-bond donors (Lipinski definition) is 2. The Morgan fingerprint density at radius 2 is 1.29 bits per heavy atom. The number of carbonyl (C=O) groups is 4. The van der Waals surface area contributed by atoms with Crippen LogP contribution < -0.4 is 10.6 Å². The van der Waals surface area contributed by atoms with Gasteiger partial charge in [0, 0.05) is 38.3 Å². The summed E-state index contributed by atoms with van der Waals surface area (Å²) in [4.78, 5) is 60.3. The molecule has 3 amide bonds. The molecular formula is C39H69N5O8. The van der Waals surface area contributed by atoms with E-state index in [-0.39, 0.29) is 42.4 Å². The summed E-state index contributed by atoms with van der Waals surface area (Å²) in [5, 5.41) is 6.26. The third-order valence-electron chi connectivity index (χ3n) is 9.29. The van der Waals surface area contributed by atoms with E-state index < -0.39 is 35.0 Å². The van der Waals surface area contributed by atoms with Gasteiger partial charge in [0.1, 0.15) is 16.8 Å². The first-order valence-corrected chi connectivity index (χ1v) is 19.7. The summed E-state index contributed by atoms with van der Waals surface area (Å²) in [6, 6.07) is -0.369. The molecule has 0 radical (unpaired) electrons. The predicted molar refractivity (Wildman–Crippen MR) is 201 cm³/mol. The van der Waals surface area contributed by atoms with Gasteiger partial charge in [-0.2, -0.15) is 0 Å². The topological polar surface area (TPSA) is 148 Å². The smallest absolute Gasteiger partial charge is 0.437 e. The first-order chi connectivity index (χ1) is 24.3. The molecule has 0 spiro atoms. The first-order valence-electron chi connectivity index (χ1n) is 19.7. The second kappa shape index (κ2) is 19.9. The highest BCUT2D eigenvalue weighted by Crippen LogP contribution is 2.25. The molecule has 0 bridgehead atoms. The number of esters is 1. The summed E-state index contributed by atoms with van der Waals surface area (Å²) < 4.78 is 22.8. The van der Waals surface area contributed by atoms with Gasteiger partial charge in [-0.15, -0.1) is 4.99 Å². The number of amides is 3. The molecule has 298 valence electrons. The standard InChI is InChI=1S/C39H69N5O8/c1-37(2,3)50-32(45)27-31(40-28-17-13-11-10-12-14-18-28)33(46)44-23-16-15-19-29(44)22-26-49-30-20-24-43(25-21-30)34(41-35(47)51-38(4,5)6)42-36(48)52-39(7,8)9/h28-31,40H,10-27H2,1-9H3,(H,41,42,47,48)/t29-,31+/m1/s1. The molecule has 2 N–H and O–H groups in total. The summed E-state index contributed by atoms with van der Waals surface area (Å²) in [5.41, 5.74) is -2.07. The van der Waals surface area contributed by atoms with E-state index in [2.05, 4.69) is 15.6 Å². The molecule has 3 rings (SSSR count). The summed E-state index contributed by atoms with van der Waals surface area (Å²) in [6.45, 7) is 18.3. The van der Waals surface area contributed by atoms with Crippen molar-refractivity contribution >= 4 is 30.0 Å². The van der Waals surface area contributed by atoms with Crippen LogP contribution in [0.5, 0.6) is 0 Å². The fourth-order valence-electron chi connectivity index (χ4n) is 7.01. The molecule has 0 unspecified atom stereocenters. The lowest BCUT2D eigenvalue weighted by Crippen LogP contribution is -2.55. The Morgan fingerprint density at radius 3 is 1.88 bits per heavy atom. The minimum Gasteiger partial charge on any atom is -0.460 e. The lowest BCUT2D eigenvalue weighted by Gasteiger charge is -2.39. The van der Waals surface area contributed by atoms with Crippen molar-refractivity contribution in [2.24, 2.45) is 4.99 Å². The van der Waals surface area contributed by atoms with Gasteiger partial charge in [-0.05, 0) is 114 Å². The average Bonchev–Trinajstić information content (AvgIpc) is 2.99. The maximum atomic E-state index is 14.2. The molecule has 1 aliphatic carbocycles. The van der Waals surface area contributed by atoms with Gasteiger partial charge in [0.05, 0.1) is 18.6 Å². The zero-order valence-electron chi connectivity index (χ0n) is 33.6. The van der Waals surface area contributed by atoms with Crippen molar-refractivity contribution in [2.45, 2.75) is 193 Å². The maximum Gasteiger partial charge on any atom is 0.437 e. The third-order valence-corrected chi connectivity index (χ3v) is 9.29. The highest BCUT2D eigenvalue weighted by atomic mass is 16.6. The van der Waals surface area contributed by atoms with E-state index >= 15 is 0 Å². The monoisotopic (exact) mass is 736 g/mol. The first kappa shape index (κ1) is 43.5. The van der Waals surface area contributed by atoms with E-state index in [1.54, 1.807) is 41.5 Å². The molecule has 0 aromatic heterocycles. The number of likely N-dealkylation sites (tertiary alicyclic amines) is 2. The van der Waals surface area contributed by atoms with Crippen LogP contribution >= 0.6 is 0 Å². The van der Waals surface area contributed by atoms with Gasteiger partial charge in [0.25, 0.3) is 0 Å². The van der Waals surface area contributed by atoms with Crippen molar-refractivity contribution in [2.75, 3.05) is 26.2 Å². The Bertz CT molecular complexity index is 1190. The molecule has 2 atom stereocenters. The van der Waals surface area contributed by atoms with Crippen LogP contribution in [0.4, 0.5) is 9.59 Å². The van der Waals surface area contributed by atoms with Crippen LogP contribution in [0.15, 0.2) is 4.99 Å². The van der Waals surface area contributed by atoms with E-state index in [9.17, 15) is 19.2 Å². The molecule has 2 saturated heterocycles. The second-order valence-corrected chi connectivity index (χ2v) is 17.6. The van der Waals surface area contributed by atoms with Gasteiger partial charge in [0.15, 0.2) is 0 Å². The number of rotatable bonds is 9. The molecule has 2 aliphatic heterocycles. The van der Waals surface area contributed by atoms with Gasteiger partial charge in [-0.1, -0.05) is 32.1 Å². The summed E-state index contributed by atoms with van der Waals surface area (Å²) in [7, 11) is 0. The van der Waals surface area contributed by atoms with Crippen molar-refractivity contribution in [3.63, 3.8) is 0 Å². The zero-order valence-corrected chi connectivity index (χ0v) is 33.6. The lowest BCUT2D eigenvalue weighted by atomic mass is 9.94. The number of nitrogens with one attached hydrogen (secondary N) is 2. The number of carbonyl (C=O) groups excluding carboxylic acids is 4. The quantitative estimate of drug-likeness (QED) is 0.111. The lowest BCUT2D eigenvalue weighted by molar-refractivity contribution is -0.158. The van der Waals surface area contributed by atoms with E-state index in [0.717, 1.165) is 44.9 Å². The molecule has 2 heterocycles. The Hall–Kier alpha value is -2.93. The molecule has 52 heavy (non-hydrogen) atoms. The van der Waals surface area contributed by atoms with Crippen molar-refractivity contribution in [3.8, 4) is 0 Å². The van der Waals surface area contributed by atoms with Crippen LogP contribution in [-0.2, 0) is 28.5 Å². The minimum absolute atomic E-state index is 0.0137. The molecule has 13 heteroatoms. The van der Waals surface area contributed by atoms with Crippen molar-refractivity contribution in [1.82, 2.24) is 20.4 Å². The third kappa shape index (κ3) is 16.8. The largest absolute Gasteiger partial charge is 0.460 e. The van der Waals surface area contributed by atoms with Crippen molar-refractivity contribution in [3.05, 3.63) is 0 Å². The van der Waals surface area contributed by atoms with Gasteiger partial charge < -0.3 is 34.1 Å². The van der Waals surface area contributed by atoms with E-state index in [1.807, 2.05) is 30.6 Å². The van der Waals surface area contributed by atoms with Crippen molar-refractivity contribution < 1.29 is 38.1 Å². The SMILES string of the molecule is CC(C)(C)OC(=O)C[C@H](NC1CCCCCCC1)C(=O)N1CCCC[C@@H]1CCOC1CCN(C(=NC(=O)OC(C)(C)C)NC(=O)OC(C)(C)C)CC1. The molecule has 3 aliphatic rings. The van der Waals surface area contributed by atoms with Crippen LogP contribution in [0.25, 0.3) is 0 Å². The predicted octanol–water partition coefficient (Wildman–Crippen LogP) is 6.86. The Labute approximate surface area is 312 Å². The average molecular weight is 736 g/mol. The Kier molecular flexibility index (Phi) is 16.7. The number of hydrogen-bond acceptors (Lipinski definition) is 9. The Morgan fingerprint density at radius 1 is 0.712 bits per heavy atom. The minimum atomic E-state index is -0.795. The molecule has 3 fully saturated rings. The summed E-state index contributed by atoms with van der Waals surface area (Å²) >= 11 is 0. The van der Waals surface area contributed by atoms with Crippen molar-refractivity contribution in [1.29, 1.82) is 0 Å². The van der Waals surface area contributed by atoms with E-state index in [0.29, 0.717) is 45.5 Å². The number of aliphatic imine (C=N–C) groups is 1. The second-order valence-electron chi connectivity index (χ2n) is 17.6. The van der Waals surface area contributed by atoms with E-state index in [4.69, 9.17) is 18.9 Å². The van der Waals surface area contributed by atoms with Gasteiger partial charge in [-0.25, -0.2) is 9.59 Å². The van der Waals surface area contributed by atoms with Crippen LogP contribution in [0.1, 0.15) is 152 Å². The number of guanidine groups is 1. The molecule has 0 aromatic rings. The zero-order chi connectivity index (χ0) is 38.5. The fraction of sp³-hybridized carbons (Fsp3) is 0.872. The maximum absolute atomic E-state index is 14.2. The molecule has 13 nitrogen and oxygen atoms in total. The number of alkyl carbamates (subject to hydrolysis) is 1. The molecule has 1 saturated carbocycles. The summed E-state index contributed by atoms with van der Waals surface area (Å²) in [5.74, 6) is -0.277. The van der Waals surface area contributed by atoms with Gasteiger partial charge in [-0.3, -0.25) is 14.9 Å². The van der Waals surface area contributed by atoms with Crippen LogP contribution in [0.3, 0.4) is 0 Å². The molecular weight excluding hydrogens is 666 g/mol. The Balaban J connectivity index is 1.60. The number of ether oxygens (including phenoxy) is 4. The van der Waals surface area contributed by atoms with Gasteiger partial charge in [0.2, 0.25) is 11.9 Å². The highest BCUT2D eigenvalue weighted by Gasteiger charge is 2.35. The fourth-order valence-corrected chi connectivity index (χ4v) is 7.01. The van der Waals surface area contributed by atoms with Crippen LogP contribution in [0, 0.1) is 0 Å². The summed E-state index contributed by atoms with van der Waals surface area (Å²) in [6.07, 6.45) is 11.4. The highest BCUT2D eigenvalue weighted by molar-refractivity contribution is 5.99. The normalized spacial score (nSPS) is 21.1. The number of piperidine rings is 2. The molecule has 0 aromatic carbocycles. The van der Waals surface area contributed by atoms with Crippen LogP contribution in [-0.4, -0.2) is 107 Å².